The molecule has 1 heterocycles. The van der Waals surface area contributed by atoms with Crippen LogP contribution >= 0.6 is 0 Å². The van der Waals surface area contributed by atoms with Gasteiger partial charge in [-0.25, -0.2) is 0 Å². The molecule has 0 bridgehead atoms. The molecular formula is C24H36N4O3. The van der Waals surface area contributed by atoms with Gasteiger partial charge in [0.05, 0.1) is 6.54 Å². The Bertz CT molecular complexity index is 826. The molecule has 1 aliphatic carbocycles. The van der Waals surface area contributed by atoms with Crippen LogP contribution in [0.4, 0.5) is 0 Å². The quantitative estimate of drug-likeness (QED) is 0.725. The lowest BCUT2D eigenvalue weighted by Gasteiger charge is -2.48. The zero-order valence-electron chi connectivity index (χ0n) is 19.5. The molecule has 1 saturated carbocycles. The van der Waals surface area contributed by atoms with Gasteiger partial charge in [-0.2, -0.15) is 0 Å². The van der Waals surface area contributed by atoms with Crippen LogP contribution in [0.5, 0.6) is 0 Å². The highest BCUT2D eigenvalue weighted by molar-refractivity contribution is 5.92. The number of nitrogens with one attached hydrogen (secondary N) is 2. The summed E-state index contributed by atoms with van der Waals surface area (Å²) < 4.78 is 0. The SMILES string of the molecule is CNC(=O)C(C)(C)NC(=O)CN1CC2(CCC(c3ccccc3)(N(C)C)CC2)CC1=O. The summed E-state index contributed by atoms with van der Waals surface area (Å²) in [4.78, 5) is 41.2. The molecule has 1 spiro atoms. The molecule has 1 aromatic rings. The van der Waals surface area contributed by atoms with E-state index in [0.29, 0.717) is 13.0 Å². The number of carbonyl (C=O) groups excluding carboxylic acids is 3. The Hall–Kier alpha value is -2.41. The molecule has 2 aliphatic rings. The Labute approximate surface area is 185 Å². The molecule has 2 N–H and O–H groups in total. The Balaban J connectivity index is 1.65. The first-order chi connectivity index (χ1) is 14.5. The van der Waals surface area contributed by atoms with Gasteiger partial charge < -0.3 is 15.5 Å². The van der Waals surface area contributed by atoms with E-state index in [4.69, 9.17) is 0 Å². The normalized spacial score (nSPS) is 26.4. The highest BCUT2D eigenvalue weighted by Gasteiger charge is 2.50. The second kappa shape index (κ2) is 8.61. The first-order valence-corrected chi connectivity index (χ1v) is 11.1. The number of hydrogen-bond donors (Lipinski definition) is 2. The lowest BCUT2D eigenvalue weighted by atomic mass is 9.64. The van der Waals surface area contributed by atoms with E-state index < -0.39 is 5.54 Å². The van der Waals surface area contributed by atoms with E-state index in [0.717, 1.165) is 25.7 Å². The van der Waals surface area contributed by atoms with Gasteiger partial charge in [-0.3, -0.25) is 19.3 Å². The van der Waals surface area contributed by atoms with E-state index in [1.165, 1.54) is 12.6 Å². The minimum absolute atomic E-state index is 0.00147. The second-order valence-corrected chi connectivity index (χ2v) is 9.97. The van der Waals surface area contributed by atoms with Crippen molar-refractivity contribution in [1.82, 2.24) is 20.4 Å². The molecule has 1 saturated heterocycles. The second-order valence-electron chi connectivity index (χ2n) is 9.97. The van der Waals surface area contributed by atoms with Crippen LogP contribution in [-0.4, -0.2) is 67.3 Å². The number of hydrogen-bond acceptors (Lipinski definition) is 4. The topological polar surface area (TPSA) is 81.8 Å². The van der Waals surface area contributed by atoms with Crippen LogP contribution in [0.1, 0.15) is 51.5 Å². The molecule has 1 aromatic carbocycles. The molecule has 170 valence electrons. The van der Waals surface area contributed by atoms with Gasteiger partial charge >= 0.3 is 0 Å². The lowest BCUT2D eigenvalue weighted by molar-refractivity contribution is -0.136. The highest BCUT2D eigenvalue weighted by Crippen LogP contribution is 2.52. The monoisotopic (exact) mass is 428 g/mol. The van der Waals surface area contributed by atoms with Gasteiger partial charge in [0.1, 0.15) is 5.54 Å². The van der Waals surface area contributed by atoms with Gasteiger partial charge in [-0.05, 0) is 64.6 Å². The van der Waals surface area contributed by atoms with Crippen molar-refractivity contribution in [3.63, 3.8) is 0 Å². The van der Waals surface area contributed by atoms with Gasteiger partial charge in [-0.15, -0.1) is 0 Å². The summed E-state index contributed by atoms with van der Waals surface area (Å²) in [5, 5.41) is 5.30. The maximum atomic E-state index is 12.8. The van der Waals surface area contributed by atoms with Crippen molar-refractivity contribution in [2.45, 2.75) is 57.0 Å². The minimum Gasteiger partial charge on any atom is -0.357 e. The molecule has 0 atom stereocenters. The highest BCUT2D eigenvalue weighted by atomic mass is 16.2. The summed E-state index contributed by atoms with van der Waals surface area (Å²) >= 11 is 0. The molecule has 2 fully saturated rings. The fourth-order valence-corrected chi connectivity index (χ4v) is 5.33. The first kappa shape index (κ1) is 23.3. The first-order valence-electron chi connectivity index (χ1n) is 11.1. The van der Waals surface area contributed by atoms with Crippen molar-refractivity contribution in [2.75, 3.05) is 34.2 Å². The summed E-state index contributed by atoms with van der Waals surface area (Å²) in [5.74, 6) is -0.537. The molecule has 7 nitrogen and oxygen atoms in total. The summed E-state index contributed by atoms with van der Waals surface area (Å²) in [7, 11) is 5.81. The van der Waals surface area contributed by atoms with Gasteiger partial charge in [0, 0.05) is 25.6 Å². The fourth-order valence-electron chi connectivity index (χ4n) is 5.33. The van der Waals surface area contributed by atoms with Crippen LogP contribution < -0.4 is 10.6 Å². The van der Waals surface area contributed by atoms with Gasteiger partial charge in [0.2, 0.25) is 17.7 Å². The summed E-state index contributed by atoms with van der Waals surface area (Å²) in [6, 6.07) is 10.6. The number of carbonyl (C=O) groups is 3. The van der Waals surface area contributed by atoms with Crippen LogP contribution in [0.15, 0.2) is 30.3 Å². The van der Waals surface area contributed by atoms with E-state index >= 15 is 0 Å². The maximum absolute atomic E-state index is 12.8. The third kappa shape index (κ3) is 4.61. The Morgan fingerprint density at radius 2 is 1.71 bits per heavy atom. The largest absolute Gasteiger partial charge is 0.357 e. The van der Waals surface area contributed by atoms with E-state index in [-0.39, 0.29) is 35.2 Å². The van der Waals surface area contributed by atoms with E-state index in [1.54, 1.807) is 18.7 Å². The molecule has 3 rings (SSSR count). The molecule has 0 radical (unpaired) electrons. The number of amides is 3. The van der Waals surface area contributed by atoms with Gasteiger partial charge in [0.25, 0.3) is 0 Å². The molecule has 31 heavy (non-hydrogen) atoms. The summed E-state index contributed by atoms with van der Waals surface area (Å²) in [6.07, 6.45) is 4.38. The van der Waals surface area contributed by atoms with Crippen molar-refractivity contribution < 1.29 is 14.4 Å². The average molecular weight is 429 g/mol. The Kier molecular flexibility index (Phi) is 6.46. The van der Waals surface area contributed by atoms with Crippen LogP contribution in [0, 0.1) is 5.41 Å². The van der Waals surface area contributed by atoms with Gasteiger partial charge in [0.15, 0.2) is 0 Å². The summed E-state index contributed by atoms with van der Waals surface area (Å²) in [5.41, 5.74) is 0.227. The van der Waals surface area contributed by atoms with Crippen LogP contribution in [0.2, 0.25) is 0 Å². The predicted molar refractivity (Wildman–Crippen MR) is 120 cm³/mol. The van der Waals surface area contributed by atoms with Crippen molar-refractivity contribution in [2.24, 2.45) is 5.41 Å². The molecule has 0 aromatic heterocycles. The predicted octanol–water partition coefficient (Wildman–Crippen LogP) is 1.88. The molecular weight excluding hydrogens is 392 g/mol. The number of nitrogens with zero attached hydrogens (tertiary/aromatic N) is 2. The van der Waals surface area contributed by atoms with Crippen molar-refractivity contribution in [3.05, 3.63) is 35.9 Å². The smallest absolute Gasteiger partial charge is 0.244 e. The van der Waals surface area contributed by atoms with Crippen molar-refractivity contribution in [1.29, 1.82) is 0 Å². The maximum Gasteiger partial charge on any atom is 0.244 e. The van der Waals surface area contributed by atoms with Crippen LogP contribution in [-0.2, 0) is 19.9 Å². The molecule has 7 heteroatoms. The third-order valence-corrected chi connectivity index (χ3v) is 7.29. The zero-order chi connectivity index (χ0) is 22.9. The van der Waals surface area contributed by atoms with E-state index in [9.17, 15) is 14.4 Å². The van der Waals surface area contributed by atoms with Crippen molar-refractivity contribution >= 4 is 17.7 Å². The third-order valence-electron chi connectivity index (χ3n) is 7.29. The Morgan fingerprint density at radius 3 is 2.26 bits per heavy atom. The van der Waals surface area contributed by atoms with E-state index in [1.807, 2.05) is 6.07 Å². The molecule has 0 unspecified atom stereocenters. The number of rotatable bonds is 6. The van der Waals surface area contributed by atoms with Gasteiger partial charge in [-0.1, -0.05) is 30.3 Å². The van der Waals surface area contributed by atoms with Crippen molar-refractivity contribution in [3.8, 4) is 0 Å². The number of likely N-dealkylation sites (N-methyl/N-ethyl adjacent to an activating group) is 1. The van der Waals surface area contributed by atoms with E-state index in [2.05, 4.69) is 53.9 Å². The molecule has 3 amide bonds. The van der Waals surface area contributed by atoms with Crippen LogP contribution in [0.25, 0.3) is 0 Å². The number of benzene rings is 1. The fraction of sp³-hybridized carbons (Fsp3) is 0.625. The zero-order valence-corrected chi connectivity index (χ0v) is 19.5. The van der Waals surface area contributed by atoms with Crippen LogP contribution in [0.3, 0.4) is 0 Å². The number of likely N-dealkylation sites (tertiary alicyclic amines) is 1. The average Bonchev–Trinajstić information content (AvgIpc) is 3.02. The lowest BCUT2D eigenvalue weighted by Crippen LogP contribution is -2.56. The molecule has 1 aliphatic heterocycles. The standard InChI is InChI=1S/C24H36N4O3/c1-22(2,21(31)25-3)26-19(29)16-28-17-23(15-20(28)30)11-13-24(14-12-23,27(4)5)18-9-7-6-8-10-18/h6-10H,11-17H2,1-5H3,(H,25,31)(H,26,29). The summed E-state index contributed by atoms with van der Waals surface area (Å²) in [6.45, 7) is 3.92. The Morgan fingerprint density at radius 1 is 1.10 bits per heavy atom. The minimum atomic E-state index is -1.02.